The molecule has 0 spiro atoms. The zero-order valence-electron chi connectivity index (χ0n) is 10.9. The third kappa shape index (κ3) is 3.12. The molecular weight excluding hydrogens is 260 g/mol. The molecule has 0 bridgehead atoms. The third-order valence-corrected chi connectivity index (χ3v) is 4.75. The van der Waals surface area contributed by atoms with Crippen LogP contribution >= 0.6 is 0 Å². The second kappa shape index (κ2) is 5.40. The van der Waals surface area contributed by atoms with Gasteiger partial charge in [-0.25, -0.2) is 8.42 Å². The maximum absolute atomic E-state index is 12.4. The molecule has 0 radical (unpaired) electrons. The quantitative estimate of drug-likeness (QED) is 0.861. The number of pyridine rings is 1. The average Bonchev–Trinajstić information content (AvgIpc) is 2.41. The lowest BCUT2D eigenvalue weighted by Crippen LogP contribution is -2.28. The van der Waals surface area contributed by atoms with E-state index in [1.165, 1.54) is 10.5 Å². The van der Waals surface area contributed by atoms with Crippen LogP contribution in [0.4, 0.5) is 5.69 Å². The zero-order valence-corrected chi connectivity index (χ0v) is 11.8. The van der Waals surface area contributed by atoms with Crippen LogP contribution in [0.5, 0.6) is 0 Å². The molecule has 1 aromatic heterocycles. The van der Waals surface area contributed by atoms with Gasteiger partial charge in [-0.05, 0) is 30.2 Å². The van der Waals surface area contributed by atoms with Crippen LogP contribution in [0.25, 0.3) is 0 Å². The molecule has 0 saturated carbocycles. The molecule has 2 aromatic rings. The fourth-order valence-corrected chi connectivity index (χ4v) is 3.11. The average molecular weight is 276 g/mol. The maximum Gasteiger partial charge on any atom is 0.239 e. The first-order chi connectivity index (χ1) is 9.00. The van der Waals surface area contributed by atoms with Crippen molar-refractivity contribution in [1.29, 1.82) is 0 Å². The number of anilines is 1. The van der Waals surface area contributed by atoms with E-state index in [4.69, 9.17) is 0 Å². The summed E-state index contributed by atoms with van der Waals surface area (Å²) in [6.07, 6.45) is 3.15. The van der Waals surface area contributed by atoms with E-state index in [2.05, 4.69) is 4.98 Å². The first-order valence-electron chi connectivity index (χ1n) is 5.92. The third-order valence-electron chi connectivity index (χ3n) is 3.03. The maximum atomic E-state index is 12.4. The molecule has 2 rings (SSSR count). The van der Waals surface area contributed by atoms with Crippen LogP contribution in [0, 0.1) is 6.92 Å². The van der Waals surface area contributed by atoms with E-state index in [1.807, 2.05) is 31.2 Å². The molecular formula is C14H16N2O2S. The lowest BCUT2D eigenvalue weighted by molar-refractivity contribution is 0.593. The smallest absolute Gasteiger partial charge is 0.239 e. The van der Waals surface area contributed by atoms with Crippen molar-refractivity contribution in [3.05, 3.63) is 59.9 Å². The van der Waals surface area contributed by atoms with Crippen molar-refractivity contribution < 1.29 is 8.42 Å². The molecule has 1 heterocycles. The van der Waals surface area contributed by atoms with Gasteiger partial charge in [0.2, 0.25) is 10.0 Å². The fraction of sp³-hybridized carbons (Fsp3) is 0.214. The van der Waals surface area contributed by atoms with Gasteiger partial charge in [0.25, 0.3) is 0 Å². The summed E-state index contributed by atoms with van der Waals surface area (Å²) in [6, 6.07) is 10.9. The highest BCUT2D eigenvalue weighted by Gasteiger charge is 2.19. The lowest BCUT2D eigenvalue weighted by Gasteiger charge is -2.19. The van der Waals surface area contributed by atoms with Crippen molar-refractivity contribution in [2.24, 2.45) is 0 Å². The molecule has 0 amide bonds. The summed E-state index contributed by atoms with van der Waals surface area (Å²) >= 11 is 0. The van der Waals surface area contributed by atoms with Crippen molar-refractivity contribution in [2.75, 3.05) is 11.4 Å². The molecule has 100 valence electrons. The number of hydrogen-bond donors (Lipinski definition) is 0. The highest BCUT2D eigenvalue weighted by atomic mass is 32.2. The van der Waals surface area contributed by atoms with Crippen LogP contribution in [0.1, 0.15) is 11.1 Å². The van der Waals surface area contributed by atoms with Crippen LogP contribution in [0.2, 0.25) is 0 Å². The van der Waals surface area contributed by atoms with E-state index in [0.29, 0.717) is 5.69 Å². The minimum Gasteiger partial charge on any atom is -0.271 e. The molecule has 1 aromatic carbocycles. The van der Waals surface area contributed by atoms with E-state index in [1.54, 1.807) is 25.4 Å². The molecule has 0 atom stereocenters. The van der Waals surface area contributed by atoms with Crippen LogP contribution in [0.3, 0.4) is 0 Å². The van der Waals surface area contributed by atoms with Crippen LogP contribution in [0.15, 0.2) is 48.8 Å². The minimum atomic E-state index is -3.40. The Labute approximate surface area is 113 Å². The van der Waals surface area contributed by atoms with Gasteiger partial charge < -0.3 is 0 Å². The Kier molecular flexibility index (Phi) is 3.85. The molecule has 19 heavy (non-hydrogen) atoms. The summed E-state index contributed by atoms with van der Waals surface area (Å²) in [5.41, 5.74) is 2.36. The number of aryl methyl sites for hydroxylation is 1. The van der Waals surface area contributed by atoms with E-state index < -0.39 is 10.0 Å². The Balaban J connectivity index is 2.27. The van der Waals surface area contributed by atoms with E-state index in [0.717, 1.165) is 11.1 Å². The Morgan fingerprint density at radius 2 is 1.89 bits per heavy atom. The van der Waals surface area contributed by atoms with E-state index >= 15 is 0 Å². The highest BCUT2D eigenvalue weighted by molar-refractivity contribution is 7.92. The number of benzene rings is 1. The molecule has 4 nitrogen and oxygen atoms in total. The first-order valence-corrected chi connectivity index (χ1v) is 7.53. The Hall–Kier alpha value is -1.88. The topological polar surface area (TPSA) is 50.3 Å². The van der Waals surface area contributed by atoms with Crippen molar-refractivity contribution in [2.45, 2.75) is 12.7 Å². The molecule has 0 N–H and O–H groups in total. The predicted molar refractivity (Wildman–Crippen MR) is 76.4 cm³/mol. The van der Waals surface area contributed by atoms with Crippen molar-refractivity contribution >= 4 is 15.7 Å². The molecule has 0 unspecified atom stereocenters. The minimum absolute atomic E-state index is 0.00886. The molecule has 0 aliphatic rings. The van der Waals surface area contributed by atoms with Gasteiger partial charge in [-0.3, -0.25) is 9.29 Å². The van der Waals surface area contributed by atoms with Gasteiger partial charge >= 0.3 is 0 Å². The summed E-state index contributed by atoms with van der Waals surface area (Å²) in [4.78, 5) is 3.94. The number of rotatable bonds is 4. The van der Waals surface area contributed by atoms with Gasteiger partial charge in [0.05, 0.1) is 17.6 Å². The fourth-order valence-electron chi connectivity index (χ4n) is 1.77. The summed E-state index contributed by atoms with van der Waals surface area (Å²) in [5.74, 6) is -0.00886. The first kappa shape index (κ1) is 13.5. The van der Waals surface area contributed by atoms with Crippen molar-refractivity contribution in [3.63, 3.8) is 0 Å². The second-order valence-corrected chi connectivity index (χ2v) is 6.36. The number of aromatic nitrogens is 1. The summed E-state index contributed by atoms with van der Waals surface area (Å²) in [6.45, 7) is 1.91. The predicted octanol–water partition coefficient (Wildman–Crippen LogP) is 2.36. The SMILES string of the molecule is Cc1ccccc1CS(=O)(=O)N(C)c1cccnc1. The van der Waals surface area contributed by atoms with E-state index in [-0.39, 0.29) is 5.75 Å². The molecule has 5 heteroatoms. The largest absolute Gasteiger partial charge is 0.271 e. The van der Waals surface area contributed by atoms with Crippen molar-refractivity contribution in [1.82, 2.24) is 4.98 Å². The zero-order chi connectivity index (χ0) is 13.9. The van der Waals surface area contributed by atoms with Gasteiger partial charge in [0.15, 0.2) is 0 Å². The standard InChI is InChI=1S/C14H16N2O2S/c1-12-6-3-4-7-13(12)11-19(17,18)16(2)14-8-5-9-15-10-14/h3-10H,11H2,1-2H3. The number of sulfonamides is 1. The van der Waals surface area contributed by atoms with Crippen LogP contribution in [-0.2, 0) is 15.8 Å². The van der Waals surface area contributed by atoms with Gasteiger partial charge in [-0.1, -0.05) is 24.3 Å². The normalized spacial score (nSPS) is 11.3. The molecule has 0 aliphatic carbocycles. The highest BCUT2D eigenvalue weighted by Crippen LogP contribution is 2.19. The van der Waals surface area contributed by atoms with Gasteiger partial charge in [-0.2, -0.15) is 0 Å². The lowest BCUT2D eigenvalue weighted by atomic mass is 10.1. The van der Waals surface area contributed by atoms with Crippen LogP contribution in [-0.4, -0.2) is 20.4 Å². The Bertz CT molecular complexity index is 654. The Morgan fingerprint density at radius 3 is 2.53 bits per heavy atom. The van der Waals surface area contributed by atoms with Crippen molar-refractivity contribution in [3.8, 4) is 0 Å². The molecule has 0 aliphatic heterocycles. The summed E-state index contributed by atoms with van der Waals surface area (Å²) in [7, 11) is -1.85. The van der Waals surface area contributed by atoms with Crippen LogP contribution < -0.4 is 4.31 Å². The summed E-state index contributed by atoms with van der Waals surface area (Å²) in [5, 5.41) is 0. The molecule has 0 fully saturated rings. The summed E-state index contributed by atoms with van der Waals surface area (Å²) < 4.78 is 26.0. The number of hydrogen-bond acceptors (Lipinski definition) is 3. The molecule has 0 saturated heterocycles. The second-order valence-electron chi connectivity index (χ2n) is 4.36. The Morgan fingerprint density at radius 1 is 1.16 bits per heavy atom. The number of nitrogens with zero attached hydrogens (tertiary/aromatic N) is 2. The van der Waals surface area contributed by atoms with Gasteiger partial charge in [0, 0.05) is 13.2 Å². The van der Waals surface area contributed by atoms with Gasteiger partial charge in [-0.15, -0.1) is 0 Å². The van der Waals surface area contributed by atoms with E-state index in [9.17, 15) is 8.42 Å². The van der Waals surface area contributed by atoms with Gasteiger partial charge in [0.1, 0.15) is 0 Å². The monoisotopic (exact) mass is 276 g/mol.